The van der Waals surface area contributed by atoms with E-state index >= 15 is 0 Å². The Morgan fingerprint density at radius 3 is 2.03 bits per heavy atom. The SMILES string of the molecule is CCCCCCCC/C=C/CCCCCCCC(=O)OC1CC(C)CCC1C(C)C. The molecule has 176 valence electrons. The number of esters is 1. The molecule has 0 aliphatic heterocycles. The third-order valence-corrected chi connectivity index (χ3v) is 6.89. The van der Waals surface area contributed by atoms with Gasteiger partial charge in [0.2, 0.25) is 0 Å². The van der Waals surface area contributed by atoms with Crippen LogP contribution in [-0.2, 0) is 9.53 Å². The maximum atomic E-state index is 12.3. The van der Waals surface area contributed by atoms with Crippen molar-refractivity contribution in [3.63, 3.8) is 0 Å². The van der Waals surface area contributed by atoms with Gasteiger partial charge in [0.15, 0.2) is 0 Å². The number of allylic oxidation sites excluding steroid dienone is 2. The van der Waals surface area contributed by atoms with E-state index in [2.05, 4.69) is 39.8 Å². The summed E-state index contributed by atoms with van der Waals surface area (Å²) in [4.78, 5) is 12.3. The average molecular weight is 421 g/mol. The predicted molar refractivity (Wildman–Crippen MR) is 131 cm³/mol. The van der Waals surface area contributed by atoms with Crippen molar-refractivity contribution >= 4 is 5.97 Å². The number of ether oxygens (including phenoxy) is 1. The summed E-state index contributed by atoms with van der Waals surface area (Å²) in [6.07, 6.45) is 25.8. The minimum atomic E-state index is 0.0392. The molecule has 0 aromatic carbocycles. The van der Waals surface area contributed by atoms with Crippen LogP contribution in [0.3, 0.4) is 0 Å². The van der Waals surface area contributed by atoms with Crippen molar-refractivity contribution in [2.75, 3.05) is 0 Å². The molecule has 0 spiro atoms. The van der Waals surface area contributed by atoms with E-state index in [1.54, 1.807) is 0 Å². The smallest absolute Gasteiger partial charge is 0.306 e. The monoisotopic (exact) mass is 420 g/mol. The Bertz CT molecular complexity index is 440. The first-order chi connectivity index (χ1) is 14.5. The number of carbonyl (C=O) groups is 1. The molecule has 3 atom stereocenters. The summed E-state index contributed by atoms with van der Waals surface area (Å²) in [5.74, 6) is 1.89. The molecule has 0 saturated heterocycles. The minimum Gasteiger partial charge on any atom is -0.462 e. The van der Waals surface area contributed by atoms with Gasteiger partial charge >= 0.3 is 5.97 Å². The van der Waals surface area contributed by atoms with Gasteiger partial charge in [-0.2, -0.15) is 0 Å². The lowest BCUT2D eigenvalue weighted by Crippen LogP contribution is -2.35. The van der Waals surface area contributed by atoms with Gasteiger partial charge in [-0.3, -0.25) is 4.79 Å². The van der Waals surface area contributed by atoms with Crippen LogP contribution in [0.25, 0.3) is 0 Å². The fraction of sp³-hybridized carbons (Fsp3) is 0.893. The zero-order valence-corrected chi connectivity index (χ0v) is 20.8. The number of hydrogen-bond donors (Lipinski definition) is 0. The van der Waals surface area contributed by atoms with Gasteiger partial charge in [0, 0.05) is 6.42 Å². The number of unbranched alkanes of at least 4 members (excludes halogenated alkanes) is 11. The second-order valence-corrected chi connectivity index (χ2v) is 10.2. The summed E-state index contributed by atoms with van der Waals surface area (Å²) in [6.45, 7) is 9.11. The van der Waals surface area contributed by atoms with E-state index in [4.69, 9.17) is 4.74 Å². The lowest BCUT2D eigenvalue weighted by Gasteiger charge is -2.36. The second kappa shape index (κ2) is 17.8. The molecular formula is C28H52O2. The molecule has 2 heteroatoms. The molecule has 3 unspecified atom stereocenters. The number of rotatable bonds is 17. The van der Waals surface area contributed by atoms with Crippen molar-refractivity contribution in [2.24, 2.45) is 17.8 Å². The highest BCUT2D eigenvalue weighted by molar-refractivity contribution is 5.69. The molecule has 1 aliphatic rings. The molecule has 0 bridgehead atoms. The predicted octanol–water partition coefficient (Wildman–Crippen LogP) is 9.03. The summed E-state index contributed by atoms with van der Waals surface area (Å²) >= 11 is 0. The highest BCUT2D eigenvalue weighted by Gasteiger charge is 2.33. The van der Waals surface area contributed by atoms with E-state index in [-0.39, 0.29) is 12.1 Å². The topological polar surface area (TPSA) is 26.3 Å². The lowest BCUT2D eigenvalue weighted by atomic mass is 9.75. The summed E-state index contributed by atoms with van der Waals surface area (Å²) < 4.78 is 5.91. The van der Waals surface area contributed by atoms with E-state index < -0.39 is 0 Å². The Kier molecular flexibility index (Phi) is 16.2. The van der Waals surface area contributed by atoms with Gasteiger partial charge in [0.1, 0.15) is 6.10 Å². The van der Waals surface area contributed by atoms with Gasteiger partial charge in [0.05, 0.1) is 0 Å². The van der Waals surface area contributed by atoms with Crippen LogP contribution >= 0.6 is 0 Å². The zero-order chi connectivity index (χ0) is 22.0. The first-order valence-corrected chi connectivity index (χ1v) is 13.4. The number of hydrogen-bond acceptors (Lipinski definition) is 2. The van der Waals surface area contributed by atoms with Gasteiger partial charge in [-0.15, -0.1) is 0 Å². The maximum Gasteiger partial charge on any atom is 0.306 e. The van der Waals surface area contributed by atoms with Crippen molar-refractivity contribution < 1.29 is 9.53 Å². The Labute approximate surface area is 188 Å². The van der Waals surface area contributed by atoms with Crippen LogP contribution in [0.15, 0.2) is 12.2 Å². The molecule has 30 heavy (non-hydrogen) atoms. The van der Waals surface area contributed by atoms with Gasteiger partial charge in [-0.05, 0) is 62.7 Å². The van der Waals surface area contributed by atoms with E-state index in [9.17, 15) is 4.79 Å². The molecule has 0 N–H and O–H groups in total. The Balaban J connectivity index is 1.96. The summed E-state index contributed by atoms with van der Waals surface area (Å²) in [5, 5.41) is 0. The fourth-order valence-corrected chi connectivity index (χ4v) is 4.82. The van der Waals surface area contributed by atoms with Crippen LogP contribution in [-0.4, -0.2) is 12.1 Å². The third kappa shape index (κ3) is 13.5. The quantitative estimate of drug-likeness (QED) is 0.133. The lowest BCUT2D eigenvalue weighted by molar-refractivity contribution is -0.156. The molecule has 2 nitrogen and oxygen atoms in total. The van der Waals surface area contributed by atoms with Crippen LogP contribution in [0.4, 0.5) is 0 Å². The van der Waals surface area contributed by atoms with Crippen LogP contribution in [0, 0.1) is 17.8 Å². The normalized spacial score (nSPS) is 22.1. The summed E-state index contributed by atoms with van der Waals surface area (Å²) in [6, 6.07) is 0. The first kappa shape index (κ1) is 27.2. The molecule has 1 saturated carbocycles. The first-order valence-electron chi connectivity index (χ1n) is 13.4. The third-order valence-electron chi connectivity index (χ3n) is 6.89. The fourth-order valence-electron chi connectivity index (χ4n) is 4.82. The van der Waals surface area contributed by atoms with Crippen molar-refractivity contribution in [3.8, 4) is 0 Å². The van der Waals surface area contributed by atoms with Crippen LogP contribution in [0.1, 0.15) is 137 Å². The molecular weight excluding hydrogens is 368 g/mol. The van der Waals surface area contributed by atoms with Crippen molar-refractivity contribution in [3.05, 3.63) is 12.2 Å². The van der Waals surface area contributed by atoms with Gasteiger partial charge in [0.25, 0.3) is 0 Å². The minimum absolute atomic E-state index is 0.0392. The zero-order valence-electron chi connectivity index (χ0n) is 20.8. The molecule has 0 radical (unpaired) electrons. The highest BCUT2D eigenvalue weighted by Crippen LogP contribution is 2.35. The van der Waals surface area contributed by atoms with Crippen molar-refractivity contribution in [2.45, 2.75) is 143 Å². The van der Waals surface area contributed by atoms with Gasteiger partial charge < -0.3 is 4.74 Å². The number of carbonyl (C=O) groups excluding carboxylic acids is 1. The van der Waals surface area contributed by atoms with E-state index in [1.165, 1.54) is 83.5 Å². The Hall–Kier alpha value is -0.790. The van der Waals surface area contributed by atoms with Gasteiger partial charge in [-0.1, -0.05) is 97.6 Å². The molecule has 1 rings (SSSR count). The maximum absolute atomic E-state index is 12.3. The Morgan fingerprint density at radius 2 is 1.43 bits per heavy atom. The molecule has 0 heterocycles. The van der Waals surface area contributed by atoms with Crippen LogP contribution in [0.2, 0.25) is 0 Å². The summed E-state index contributed by atoms with van der Waals surface area (Å²) in [7, 11) is 0. The average Bonchev–Trinajstić information content (AvgIpc) is 2.70. The molecule has 0 aromatic rings. The van der Waals surface area contributed by atoms with Crippen LogP contribution < -0.4 is 0 Å². The standard InChI is InChI=1S/C28H52O2/c1-5-6-7-8-9-10-11-12-13-14-15-16-17-18-19-20-28(29)30-27-23-25(4)21-22-26(27)24(2)3/h12-13,24-27H,5-11,14-23H2,1-4H3/b13-12+. The molecule has 1 fully saturated rings. The van der Waals surface area contributed by atoms with Gasteiger partial charge in [-0.25, -0.2) is 0 Å². The molecule has 0 amide bonds. The Morgan fingerprint density at radius 1 is 0.867 bits per heavy atom. The van der Waals surface area contributed by atoms with Crippen molar-refractivity contribution in [1.29, 1.82) is 0 Å². The van der Waals surface area contributed by atoms with Crippen molar-refractivity contribution in [1.82, 2.24) is 0 Å². The van der Waals surface area contributed by atoms with E-state index in [1.807, 2.05) is 0 Å². The van der Waals surface area contributed by atoms with Crippen LogP contribution in [0.5, 0.6) is 0 Å². The van der Waals surface area contributed by atoms with E-state index in [0.29, 0.717) is 24.2 Å². The summed E-state index contributed by atoms with van der Waals surface area (Å²) in [5.41, 5.74) is 0. The second-order valence-electron chi connectivity index (χ2n) is 10.2. The highest BCUT2D eigenvalue weighted by atomic mass is 16.5. The molecule has 1 aliphatic carbocycles. The largest absolute Gasteiger partial charge is 0.462 e. The molecule has 0 aromatic heterocycles. The van der Waals surface area contributed by atoms with E-state index in [0.717, 1.165) is 19.3 Å².